The van der Waals surface area contributed by atoms with E-state index in [1.165, 1.54) is 58.0 Å². The van der Waals surface area contributed by atoms with E-state index in [0.29, 0.717) is 11.8 Å². The molecule has 0 spiro atoms. The van der Waals surface area contributed by atoms with E-state index in [-0.39, 0.29) is 0 Å². The fourth-order valence-corrected chi connectivity index (χ4v) is 2.63. The van der Waals surface area contributed by atoms with Crippen LogP contribution in [0.5, 0.6) is 0 Å². The smallest absolute Gasteiger partial charge is 0.0949 e. The molecule has 1 aliphatic heterocycles. The highest BCUT2D eigenvalue weighted by Crippen LogP contribution is 2.17. The summed E-state index contributed by atoms with van der Waals surface area (Å²) in [5.74, 6) is 0.710. The molecular weight excluding hydrogens is 210 g/mol. The first kappa shape index (κ1) is 14.5. The van der Waals surface area contributed by atoms with Crippen molar-refractivity contribution in [3.05, 3.63) is 0 Å². The molecule has 0 aromatic carbocycles. The van der Waals surface area contributed by atoms with Crippen LogP contribution >= 0.6 is 0 Å². The number of nitrogens with zero attached hydrogens (tertiary/aromatic N) is 1. The molecule has 3 heteroatoms. The van der Waals surface area contributed by atoms with Gasteiger partial charge in [0.1, 0.15) is 0 Å². The molecule has 1 heterocycles. The molecular formula is C14H29N3. The molecule has 0 bridgehead atoms. The Morgan fingerprint density at radius 1 is 1.24 bits per heavy atom. The lowest BCUT2D eigenvalue weighted by molar-refractivity contribution is 0.199. The summed E-state index contributed by atoms with van der Waals surface area (Å²) < 4.78 is 0. The minimum Gasteiger partial charge on any atom is -0.387 e. The average Bonchev–Trinajstić information content (AvgIpc) is 2.34. The molecule has 1 unspecified atom stereocenters. The van der Waals surface area contributed by atoms with Crippen LogP contribution in [0, 0.1) is 11.3 Å². The van der Waals surface area contributed by atoms with E-state index >= 15 is 0 Å². The monoisotopic (exact) mass is 239 g/mol. The lowest BCUT2D eigenvalue weighted by atomic mass is 9.97. The third kappa shape index (κ3) is 6.06. The number of likely N-dealkylation sites (tertiary alicyclic amines) is 1. The van der Waals surface area contributed by atoms with Crippen molar-refractivity contribution in [2.75, 3.05) is 19.6 Å². The Kier molecular flexibility index (Phi) is 7.25. The first-order chi connectivity index (χ1) is 8.24. The Bertz CT molecular complexity index is 216. The van der Waals surface area contributed by atoms with E-state index in [1.54, 1.807) is 0 Å². The Morgan fingerprint density at radius 3 is 2.65 bits per heavy atom. The van der Waals surface area contributed by atoms with Gasteiger partial charge in [0.15, 0.2) is 0 Å². The van der Waals surface area contributed by atoms with Crippen molar-refractivity contribution >= 4 is 5.84 Å². The van der Waals surface area contributed by atoms with Crippen LogP contribution in [0.3, 0.4) is 0 Å². The fourth-order valence-electron chi connectivity index (χ4n) is 2.63. The van der Waals surface area contributed by atoms with Crippen LogP contribution in [0.4, 0.5) is 0 Å². The molecule has 1 rings (SSSR count). The summed E-state index contributed by atoms with van der Waals surface area (Å²) in [7, 11) is 0. The van der Waals surface area contributed by atoms with Gasteiger partial charge in [-0.2, -0.15) is 0 Å². The van der Waals surface area contributed by atoms with E-state index in [0.717, 1.165) is 13.0 Å². The van der Waals surface area contributed by atoms with E-state index < -0.39 is 0 Å². The molecule has 1 atom stereocenters. The lowest BCUT2D eigenvalue weighted by Crippen LogP contribution is -2.41. The van der Waals surface area contributed by atoms with E-state index in [1.807, 2.05) is 0 Å². The molecule has 0 aromatic heterocycles. The molecule has 1 aliphatic rings. The van der Waals surface area contributed by atoms with Gasteiger partial charge in [0.05, 0.1) is 5.84 Å². The number of unbranched alkanes of at least 4 members (excludes halogenated alkanes) is 5. The molecule has 0 radical (unpaired) electrons. The van der Waals surface area contributed by atoms with Crippen LogP contribution in [0.1, 0.15) is 58.3 Å². The van der Waals surface area contributed by atoms with Crippen molar-refractivity contribution in [3.63, 3.8) is 0 Å². The molecule has 1 fully saturated rings. The molecule has 3 nitrogen and oxygen atoms in total. The Balaban J connectivity index is 2.04. The van der Waals surface area contributed by atoms with Crippen LogP contribution in [0.15, 0.2) is 0 Å². The van der Waals surface area contributed by atoms with Gasteiger partial charge in [0.25, 0.3) is 0 Å². The highest BCUT2D eigenvalue weighted by atomic mass is 15.1. The topological polar surface area (TPSA) is 53.1 Å². The maximum atomic E-state index is 7.52. The van der Waals surface area contributed by atoms with Crippen LogP contribution < -0.4 is 5.73 Å². The average molecular weight is 239 g/mol. The summed E-state index contributed by atoms with van der Waals surface area (Å²) in [4.78, 5) is 2.50. The van der Waals surface area contributed by atoms with E-state index in [2.05, 4.69) is 11.8 Å². The molecule has 100 valence electrons. The minimum atomic E-state index is 0.323. The van der Waals surface area contributed by atoms with Crippen molar-refractivity contribution < 1.29 is 0 Å². The Labute approximate surface area is 106 Å². The summed E-state index contributed by atoms with van der Waals surface area (Å²) >= 11 is 0. The predicted molar refractivity (Wildman–Crippen MR) is 74.5 cm³/mol. The molecule has 0 aliphatic carbocycles. The fraction of sp³-hybridized carbons (Fsp3) is 0.929. The molecule has 0 amide bonds. The largest absolute Gasteiger partial charge is 0.387 e. The van der Waals surface area contributed by atoms with Gasteiger partial charge in [0.2, 0.25) is 0 Å². The number of hydrogen-bond acceptors (Lipinski definition) is 2. The van der Waals surface area contributed by atoms with Crippen molar-refractivity contribution in [2.45, 2.75) is 58.3 Å². The summed E-state index contributed by atoms with van der Waals surface area (Å²) in [6.07, 6.45) is 10.5. The molecule has 0 aromatic rings. The van der Waals surface area contributed by atoms with Crippen molar-refractivity contribution in [1.82, 2.24) is 4.90 Å². The second-order valence-electron chi connectivity index (χ2n) is 5.36. The van der Waals surface area contributed by atoms with Crippen LogP contribution in [-0.4, -0.2) is 30.4 Å². The Hall–Kier alpha value is -0.570. The number of piperidine rings is 1. The number of amidine groups is 1. The second-order valence-corrected chi connectivity index (χ2v) is 5.36. The Morgan fingerprint density at radius 2 is 1.94 bits per heavy atom. The first-order valence-corrected chi connectivity index (χ1v) is 7.30. The summed E-state index contributed by atoms with van der Waals surface area (Å²) in [6, 6.07) is 0. The second kappa shape index (κ2) is 8.51. The van der Waals surface area contributed by atoms with Gasteiger partial charge in [-0.25, -0.2) is 0 Å². The standard InChI is InChI=1S/C14H29N3/c1-2-3-4-5-6-7-10-17-11-8-9-13(12-17)14(15)16/h13H,2-12H2,1H3,(H3,15,16). The van der Waals surface area contributed by atoms with Crippen LogP contribution in [0.2, 0.25) is 0 Å². The minimum absolute atomic E-state index is 0.323. The lowest BCUT2D eigenvalue weighted by Gasteiger charge is -2.32. The number of nitrogens with one attached hydrogen (secondary N) is 1. The zero-order chi connectivity index (χ0) is 12.5. The third-order valence-corrected chi connectivity index (χ3v) is 3.77. The molecule has 17 heavy (non-hydrogen) atoms. The van der Waals surface area contributed by atoms with Crippen molar-refractivity contribution in [2.24, 2.45) is 11.7 Å². The van der Waals surface area contributed by atoms with Gasteiger partial charge < -0.3 is 10.6 Å². The van der Waals surface area contributed by atoms with Crippen LogP contribution in [-0.2, 0) is 0 Å². The molecule has 3 N–H and O–H groups in total. The van der Waals surface area contributed by atoms with Crippen molar-refractivity contribution in [1.29, 1.82) is 5.41 Å². The van der Waals surface area contributed by atoms with Gasteiger partial charge in [0, 0.05) is 12.5 Å². The highest BCUT2D eigenvalue weighted by molar-refractivity contribution is 5.79. The zero-order valence-corrected chi connectivity index (χ0v) is 11.4. The van der Waals surface area contributed by atoms with Gasteiger partial charge in [-0.3, -0.25) is 5.41 Å². The van der Waals surface area contributed by atoms with Gasteiger partial charge in [-0.1, -0.05) is 39.0 Å². The SMILES string of the molecule is CCCCCCCCN1CCCC(C(=N)N)C1. The normalized spacial score (nSPS) is 21.6. The van der Waals surface area contributed by atoms with Gasteiger partial charge in [-0.15, -0.1) is 0 Å². The number of hydrogen-bond donors (Lipinski definition) is 2. The molecule has 1 saturated heterocycles. The van der Waals surface area contributed by atoms with Crippen LogP contribution in [0.25, 0.3) is 0 Å². The van der Waals surface area contributed by atoms with E-state index in [4.69, 9.17) is 11.1 Å². The van der Waals surface area contributed by atoms with Gasteiger partial charge in [-0.05, 0) is 32.4 Å². The van der Waals surface area contributed by atoms with Gasteiger partial charge >= 0.3 is 0 Å². The summed E-state index contributed by atoms with van der Waals surface area (Å²) in [5.41, 5.74) is 5.60. The molecule has 0 saturated carbocycles. The number of rotatable bonds is 8. The maximum absolute atomic E-state index is 7.52. The van der Waals surface area contributed by atoms with Crippen molar-refractivity contribution in [3.8, 4) is 0 Å². The maximum Gasteiger partial charge on any atom is 0.0949 e. The quantitative estimate of drug-likeness (QED) is 0.389. The highest BCUT2D eigenvalue weighted by Gasteiger charge is 2.21. The number of nitrogens with two attached hydrogens (primary N) is 1. The zero-order valence-electron chi connectivity index (χ0n) is 11.4. The predicted octanol–water partition coefficient (Wildman–Crippen LogP) is 2.99. The summed E-state index contributed by atoms with van der Waals surface area (Å²) in [5, 5.41) is 7.52. The third-order valence-electron chi connectivity index (χ3n) is 3.77. The first-order valence-electron chi connectivity index (χ1n) is 7.30. The van der Waals surface area contributed by atoms with E-state index in [9.17, 15) is 0 Å². The summed E-state index contributed by atoms with van der Waals surface area (Å²) in [6.45, 7) is 5.69.